The predicted octanol–water partition coefficient (Wildman–Crippen LogP) is 1.03. The molecule has 0 aromatic carbocycles. The molecule has 1 atom stereocenters. The molecule has 0 bridgehead atoms. The van der Waals surface area contributed by atoms with E-state index >= 15 is 0 Å². The van der Waals surface area contributed by atoms with Crippen LogP contribution in [0.2, 0.25) is 0 Å². The normalized spacial score (nSPS) is 24.0. The van der Waals surface area contributed by atoms with Gasteiger partial charge in [-0.05, 0) is 59.8 Å². The van der Waals surface area contributed by atoms with Gasteiger partial charge in [0.2, 0.25) is 0 Å². The topological polar surface area (TPSA) is 26.7 Å². The first-order chi connectivity index (χ1) is 6.87. The molecule has 15 heavy (non-hydrogen) atoms. The summed E-state index contributed by atoms with van der Waals surface area (Å²) in [6, 6.07) is 0. The van der Waals surface area contributed by atoms with Crippen molar-refractivity contribution >= 4 is 0 Å². The Balaban J connectivity index is 2.14. The zero-order chi connectivity index (χ0) is 11.5. The number of likely N-dealkylation sites (N-methyl/N-ethyl adjacent to an activating group) is 1. The van der Waals surface area contributed by atoms with Crippen LogP contribution in [0.1, 0.15) is 26.7 Å². The van der Waals surface area contributed by atoms with Crippen LogP contribution < -0.4 is 0 Å². The molecule has 0 aromatic heterocycles. The van der Waals surface area contributed by atoms with Crippen LogP contribution in [-0.4, -0.2) is 60.8 Å². The zero-order valence-electron chi connectivity index (χ0n) is 10.7. The highest BCUT2D eigenvalue weighted by molar-refractivity contribution is 4.75. The summed E-state index contributed by atoms with van der Waals surface area (Å²) >= 11 is 0. The monoisotopic (exact) mass is 214 g/mol. The van der Waals surface area contributed by atoms with Crippen LogP contribution in [0, 0.1) is 5.92 Å². The number of hydrogen-bond acceptors (Lipinski definition) is 3. The van der Waals surface area contributed by atoms with Crippen molar-refractivity contribution in [3.8, 4) is 0 Å². The maximum atomic E-state index is 9.67. The van der Waals surface area contributed by atoms with Gasteiger partial charge in [-0.3, -0.25) is 0 Å². The number of nitrogens with zero attached hydrogens (tertiary/aromatic N) is 2. The molecule has 3 heteroatoms. The molecule has 1 aliphatic heterocycles. The lowest BCUT2D eigenvalue weighted by Gasteiger charge is -2.26. The van der Waals surface area contributed by atoms with Gasteiger partial charge in [0.05, 0.1) is 5.60 Å². The highest BCUT2D eigenvalue weighted by Crippen LogP contribution is 2.18. The van der Waals surface area contributed by atoms with Crippen LogP contribution >= 0.6 is 0 Å². The molecule has 0 aliphatic carbocycles. The fourth-order valence-corrected chi connectivity index (χ4v) is 2.40. The Bertz CT molecular complexity index is 189. The van der Waals surface area contributed by atoms with Crippen molar-refractivity contribution in [2.24, 2.45) is 5.92 Å². The first-order valence-corrected chi connectivity index (χ1v) is 5.96. The van der Waals surface area contributed by atoms with Gasteiger partial charge in [0.25, 0.3) is 0 Å². The molecule has 90 valence electrons. The minimum absolute atomic E-state index is 0.568. The summed E-state index contributed by atoms with van der Waals surface area (Å²) in [5.74, 6) is 0.860. The van der Waals surface area contributed by atoms with E-state index in [0.29, 0.717) is 0 Å². The summed E-state index contributed by atoms with van der Waals surface area (Å²) < 4.78 is 0. The van der Waals surface area contributed by atoms with Gasteiger partial charge >= 0.3 is 0 Å². The maximum Gasteiger partial charge on any atom is 0.0718 e. The molecule has 1 fully saturated rings. The summed E-state index contributed by atoms with van der Waals surface area (Å²) in [6.07, 6.45) is 2.60. The van der Waals surface area contributed by atoms with Gasteiger partial charge in [-0.2, -0.15) is 0 Å². The molecular formula is C12H26N2O. The number of rotatable bonds is 5. The summed E-state index contributed by atoms with van der Waals surface area (Å²) in [5.41, 5.74) is -0.568. The first-order valence-electron chi connectivity index (χ1n) is 5.96. The predicted molar refractivity (Wildman–Crippen MR) is 64.0 cm³/mol. The van der Waals surface area contributed by atoms with E-state index in [0.717, 1.165) is 19.0 Å². The summed E-state index contributed by atoms with van der Waals surface area (Å²) in [7, 11) is 4.29. The molecule has 0 saturated carbocycles. The molecule has 3 nitrogen and oxygen atoms in total. The second-order valence-electron chi connectivity index (χ2n) is 5.76. The molecule has 1 saturated heterocycles. The Hall–Kier alpha value is -0.120. The molecule has 0 aromatic rings. The van der Waals surface area contributed by atoms with E-state index in [1.54, 1.807) is 0 Å². The summed E-state index contributed by atoms with van der Waals surface area (Å²) in [5, 5.41) is 9.67. The average molecular weight is 214 g/mol. The Morgan fingerprint density at radius 2 is 2.13 bits per heavy atom. The van der Waals surface area contributed by atoms with Crippen LogP contribution in [0.4, 0.5) is 0 Å². The van der Waals surface area contributed by atoms with Crippen molar-refractivity contribution in [3.63, 3.8) is 0 Å². The Morgan fingerprint density at radius 1 is 1.47 bits per heavy atom. The molecule has 0 spiro atoms. The quantitative estimate of drug-likeness (QED) is 0.740. The van der Waals surface area contributed by atoms with Crippen LogP contribution in [0.5, 0.6) is 0 Å². The molecular weight excluding hydrogens is 188 g/mol. The van der Waals surface area contributed by atoms with Crippen molar-refractivity contribution in [1.29, 1.82) is 0 Å². The van der Waals surface area contributed by atoms with E-state index in [-0.39, 0.29) is 0 Å². The SMILES string of the molecule is CN1CCC(CCN(C)CC(C)(C)O)C1. The average Bonchev–Trinajstić information content (AvgIpc) is 2.45. The lowest BCUT2D eigenvalue weighted by Crippen LogP contribution is -2.37. The van der Waals surface area contributed by atoms with E-state index in [1.165, 1.54) is 25.9 Å². The molecule has 1 rings (SSSR count). The molecule has 1 aliphatic rings. The van der Waals surface area contributed by atoms with Crippen LogP contribution in [0.15, 0.2) is 0 Å². The minimum Gasteiger partial charge on any atom is -0.389 e. The Labute approximate surface area is 94.1 Å². The zero-order valence-corrected chi connectivity index (χ0v) is 10.7. The van der Waals surface area contributed by atoms with Gasteiger partial charge in [0.1, 0.15) is 0 Å². The Kier molecular flexibility index (Phi) is 4.56. The van der Waals surface area contributed by atoms with E-state index in [4.69, 9.17) is 0 Å². The lowest BCUT2D eigenvalue weighted by molar-refractivity contribution is 0.0432. The maximum absolute atomic E-state index is 9.67. The van der Waals surface area contributed by atoms with Gasteiger partial charge in [-0.25, -0.2) is 0 Å². The van der Waals surface area contributed by atoms with Crippen LogP contribution in [-0.2, 0) is 0 Å². The third-order valence-corrected chi connectivity index (χ3v) is 3.06. The van der Waals surface area contributed by atoms with Crippen molar-refractivity contribution in [2.45, 2.75) is 32.3 Å². The second-order valence-corrected chi connectivity index (χ2v) is 5.76. The summed E-state index contributed by atoms with van der Waals surface area (Å²) in [4.78, 5) is 4.64. The second kappa shape index (κ2) is 5.28. The fourth-order valence-electron chi connectivity index (χ4n) is 2.40. The molecule has 1 heterocycles. The standard InChI is InChI=1S/C12H26N2O/c1-12(2,15)10-14(4)8-6-11-5-7-13(3)9-11/h11,15H,5-10H2,1-4H3. The molecule has 0 radical (unpaired) electrons. The van der Waals surface area contributed by atoms with E-state index < -0.39 is 5.60 Å². The number of hydrogen-bond donors (Lipinski definition) is 1. The smallest absolute Gasteiger partial charge is 0.0718 e. The third kappa shape index (κ3) is 5.50. The van der Waals surface area contributed by atoms with Crippen molar-refractivity contribution in [1.82, 2.24) is 9.80 Å². The molecule has 1 N–H and O–H groups in total. The lowest BCUT2D eigenvalue weighted by atomic mass is 10.0. The van der Waals surface area contributed by atoms with Gasteiger partial charge in [-0.1, -0.05) is 0 Å². The molecule has 1 unspecified atom stereocenters. The van der Waals surface area contributed by atoms with Crippen LogP contribution in [0.25, 0.3) is 0 Å². The first kappa shape index (κ1) is 12.9. The number of likely N-dealkylation sites (tertiary alicyclic amines) is 1. The number of aliphatic hydroxyl groups is 1. The van der Waals surface area contributed by atoms with E-state index in [9.17, 15) is 5.11 Å². The summed E-state index contributed by atoms with van der Waals surface area (Å²) in [6.45, 7) is 8.09. The van der Waals surface area contributed by atoms with Crippen LogP contribution in [0.3, 0.4) is 0 Å². The minimum atomic E-state index is -0.568. The third-order valence-electron chi connectivity index (χ3n) is 3.06. The van der Waals surface area contributed by atoms with Gasteiger partial charge in [0, 0.05) is 13.1 Å². The largest absolute Gasteiger partial charge is 0.389 e. The van der Waals surface area contributed by atoms with E-state index in [1.807, 2.05) is 13.8 Å². The Morgan fingerprint density at radius 3 is 2.60 bits per heavy atom. The molecule has 0 amide bonds. The highest BCUT2D eigenvalue weighted by atomic mass is 16.3. The van der Waals surface area contributed by atoms with E-state index in [2.05, 4.69) is 23.9 Å². The van der Waals surface area contributed by atoms with Gasteiger partial charge < -0.3 is 14.9 Å². The van der Waals surface area contributed by atoms with Gasteiger partial charge in [-0.15, -0.1) is 0 Å². The van der Waals surface area contributed by atoms with Crippen molar-refractivity contribution in [3.05, 3.63) is 0 Å². The van der Waals surface area contributed by atoms with Gasteiger partial charge in [0.15, 0.2) is 0 Å². The van der Waals surface area contributed by atoms with Crippen molar-refractivity contribution in [2.75, 3.05) is 40.3 Å². The van der Waals surface area contributed by atoms with Crippen molar-refractivity contribution < 1.29 is 5.11 Å². The highest BCUT2D eigenvalue weighted by Gasteiger charge is 2.21. The fraction of sp³-hybridized carbons (Fsp3) is 1.00.